The minimum absolute atomic E-state index is 0.179. The topological polar surface area (TPSA) is 75.3 Å². The van der Waals surface area contributed by atoms with Crippen LogP contribution in [0.2, 0.25) is 0 Å². The number of nitrogens with zero attached hydrogens (tertiary/aromatic N) is 1. The van der Waals surface area contributed by atoms with Crippen molar-refractivity contribution in [1.82, 2.24) is 5.32 Å². The number of carbonyl (C=O) groups is 1. The van der Waals surface area contributed by atoms with Crippen molar-refractivity contribution in [2.24, 2.45) is 0 Å². The van der Waals surface area contributed by atoms with Crippen molar-refractivity contribution in [1.29, 1.82) is 5.26 Å². The van der Waals surface area contributed by atoms with Crippen LogP contribution in [-0.4, -0.2) is 12.5 Å². The molecule has 0 bridgehead atoms. The molecule has 1 aromatic heterocycles. The van der Waals surface area contributed by atoms with Crippen molar-refractivity contribution in [2.75, 3.05) is 6.61 Å². The van der Waals surface area contributed by atoms with Gasteiger partial charge in [-0.05, 0) is 40.2 Å². The summed E-state index contributed by atoms with van der Waals surface area (Å²) in [5.74, 6) is 0.555. The minimum Gasteiger partial charge on any atom is -0.483 e. The fourth-order valence-electron chi connectivity index (χ4n) is 1.53. The molecule has 2 aromatic rings. The van der Waals surface area contributed by atoms with Crippen molar-refractivity contribution in [2.45, 2.75) is 6.04 Å². The Balaban J connectivity index is 1.90. The van der Waals surface area contributed by atoms with Crippen LogP contribution in [0.5, 0.6) is 5.75 Å². The molecule has 1 atom stereocenters. The number of ether oxygens (including phenoxy) is 1. The summed E-state index contributed by atoms with van der Waals surface area (Å²) in [5, 5.41) is 11.5. The van der Waals surface area contributed by atoms with Crippen molar-refractivity contribution in [3.8, 4) is 11.8 Å². The maximum Gasteiger partial charge on any atom is 0.259 e. The molecule has 102 valence electrons. The van der Waals surface area contributed by atoms with Crippen LogP contribution in [0.4, 0.5) is 0 Å². The average molecular weight is 335 g/mol. The van der Waals surface area contributed by atoms with Gasteiger partial charge in [0.25, 0.3) is 5.91 Å². The predicted octanol–water partition coefficient (Wildman–Crippen LogP) is 2.80. The lowest BCUT2D eigenvalue weighted by atomic mass is 10.2. The maximum absolute atomic E-state index is 11.7. The zero-order valence-electron chi connectivity index (χ0n) is 10.4. The third-order valence-corrected chi connectivity index (χ3v) is 3.11. The van der Waals surface area contributed by atoms with E-state index in [0.717, 1.165) is 4.47 Å². The highest BCUT2D eigenvalue weighted by atomic mass is 79.9. The molecule has 0 aliphatic rings. The highest BCUT2D eigenvalue weighted by Gasteiger charge is 2.16. The van der Waals surface area contributed by atoms with Crippen LogP contribution in [-0.2, 0) is 4.79 Å². The summed E-state index contributed by atoms with van der Waals surface area (Å²) < 4.78 is 11.2. The lowest BCUT2D eigenvalue weighted by molar-refractivity contribution is -0.123. The number of rotatable bonds is 5. The van der Waals surface area contributed by atoms with Gasteiger partial charge in [0.15, 0.2) is 12.6 Å². The molecule has 1 aromatic carbocycles. The van der Waals surface area contributed by atoms with Gasteiger partial charge < -0.3 is 14.5 Å². The number of halogens is 1. The number of furan rings is 1. The molecule has 5 nitrogen and oxygen atoms in total. The lowest BCUT2D eigenvalue weighted by Crippen LogP contribution is -2.31. The van der Waals surface area contributed by atoms with Gasteiger partial charge in [-0.2, -0.15) is 5.26 Å². The summed E-state index contributed by atoms with van der Waals surface area (Å²) in [5.41, 5.74) is 0. The lowest BCUT2D eigenvalue weighted by Gasteiger charge is -2.11. The summed E-state index contributed by atoms with van der Waals surface area (Å²) in [4.78, 5) is 11.7. The van der Waals surface area contributed by atoms with Crippen LogP contribution in [0.25, 0.3) is 0 Å². The molecule has 1 amide bonds. The molecule has 0 spiro atoms. The largest absolute Gasteiger partial charge is 0.483 e. The van der Waals surface area contributed by atoms with Crippen molar-refractivity contribution in [3.05, 3.63) is 52.9 Å². The van der Waals surface area contributed by atoms with E-state index in [1.807, 2.05) is 18.2 Å². The van der Waals surface area contributed by atoms with Crippen molar-refractivity contribution in [3.63, 3.8) is 0 Å². The highest BCUT2D eigenvalue weighted by Crippen LogP contribution is 2.23. The Morgan fingerprint density at radius 2 is 2.20 bits per heavy atom. The molecule has 1 heterocycles. The van der Waals surface area contributed by atoms with Crippen LogP contribution in [0.1, 0.15) is 11.8 Å². The van der Waals surface area contributed by atoms with Gasteiger partial charge in [0.2, 0.25) is 0 Å². The molecule has 0 radical (unpaired) electrons. The maximum atomic E-state index is 11.7. The zero-order chi connectivity index (χ0) is 14.4. The van der Waals surface area contributed by atoms with Crippen LogP contribution in [0.3, 0.4) is 0 Å². The van der Waals surface area contributed by atoms with Gasteiger partial charge in [0, 0.05) is 0 Å². The smallest absolute Gasteiger partial charge is 0.259 e. The molecule has 1 N–H and O–H groups in total. The number of para-hydroxylation sites is 1. The number of nitriles is 1. The molecular weight excluding hydrogens is 324 g/mol. The summed E-state index contributed by atoms with van der Waals surface area (Å²) in [6.45, 7) is -0.179. The molecule has 0 saturated heterocycles. The van der Waals surface area contributed by atoms with Crippen molar-refractivity contribution >= 4 is 21.8 Å². The van der Waals surface area contributed by atoms with E-state index >= 15 is 0 Å². The first-order chi connectivity index (χ1) is 9.70. The van der Waals surface area contributed by atoms with Gasteiger partial charge in [-0.15, -0.1) is 0 Å². The molecular formula is C14H11BrN2O3. The van der Waals surface area contributed by atoms with Gasteiger partial charge in [-0.25, -0.2) is 0 Å². The normalized spacial score (nSPS) is 11.4. The monoisotopic (exact) mass is 334 g/mol. The second-order valence-corrected chi connectivity index (χ2v) is 4.72. The third kappa shape index (κ3) is 3.62. The fourth-order valence-corrected chi connectivity index (χ4v) is 1.93. The minimum atomic E-state index is -0.819. The third-order valence-electron chi connectivity index (χ3n) is 2.46. The number of hydrogen-bond acceptors (Lipinski definition) is 4. The fraction of sp³-hybridized carbons (Fsp3) is 0.143. The van der Waals surface area contributed by atoms with Gasteiger partial charge in [-0.3, -0.25) is 4.79 Å². The SMILES string of the molecule is N#CC(NC(=O)COc1ccccc1Br)c1ccco1. The highest BCUT2D eigenvalue weighted by molar-refractivity contribution is 9.10. The Morgan fingerprint density at radius 1 is 1.40 bits per heavy atom. The summed E-state index contributed by atoms with van der Waals surface area (Å²) in [7, 11) is 0. The van der Waals surface area contributed by atoms with Crippen LogP contribution in [0.15, 0.2) is 51.6 Å². The predicted molar refractivity (Wildman–Crippen MR) is 74.8 cm³/mol. The van der Waals surface area contributed by atoms with Crippen LogP contribution in [0, 0.1) is 11.3 Å². The Labute approximate surface area is 124 Å². The van der Waals surface area contributed by atoms with Gasteiger partial charge in [-0.1, -0.05) is 12.1 Å². The zero-order valence-corrected chi connectivity index (χ0v) is 12.0. The number of amides is 1. The molecule has 2 rings (SSSR count). The Bertz CT molecular complexity index is 620. The summed E-state index contributed by atoms with van der Waals surface area (Å²) in [6, 6.07) is 11.6. The van der Waals surface area contributed by atoms with Gasteiger partial charge >= 0.3 is 0 Å². The van der Waals surface area contributed by atoms with Crippen molar-refractivity contribution < 1.29 is 13.9 Å². The number of nitrogens with one attached hydrogen (secondary N) is 1. The van der Waals surface area contributed by atoms with E-state index in [0.29, 0.717) is 11.5 Å². The Morgan fingerprint density at radius 3 is 2.85 bits per heavy atom. The molecule has 0 aliphatic heterocycles. The van der Waals surface area contributed by atoms with E-state index in [4.69, 9.17) is 14.4 Å². The molecule has 20 heavy (non-hydrogen) atoms. The van der Waals surface area contributed by atoms with Gasteiger partial charge in [0.1, 0.15) is 11.5 Å². The second kappa shape index (κ2) is 6.78. The number of carbonyl (C=O) groups excluding carboxylic acids is 1. The average Bonchev–Trinajstić information content (AvgIpc) is 2.98. The quantitative estimate of drug-likeness (QED) is 0.912. The van der Waals surface area contributed by atoms with E-state index in [-0.39, 0.29) is 6.61 Å². The first kappa shape index (κ1) is 14.2. The number of benzene rings is 1. The summed E-state index contributed by atoms with van der Waals surface area (Å²) >= 11 is 3.32. The second-order valence-electron chi connectivity index (χ2n) is 3.86. The van der Waals surface area contributed by atoms with E-state index in [9.17, 15) is 4.79 Å². The molecule has 0 fully saturated rings. The molecule has 6 heteroatoms. The molecule has 0 saturated carbocycles. The van der Waals surface area contributed by atoms with E-state index in [1.165, 1.54) is 6.26 Å². The Hall–Kier alpha value is -2.26. The van der Waals surface area contributed by atoms with Crippen LogP contribution < -0.4 is 10.1 Å². The molecule has 0 aliphatic carbocycles. The first-order valence-corrected chi connectivity index (χ1v) is 6.59. The van der Waals surface area contributed by atoms with Gasteiger partial charge in [0.05, 0.1) is 16.8 Å². The van der Waals surface area contributed by atoms with Crippen LogP contribution >= 0.6 is 15.9 Å². The summed E-state index contributed by atoms with van der Waals surface area (Å²) in [6.07, 6.45) is 1.45. The standard InChI is InChI=1S/C14H11BrN2O3/c15-10-4-1-2-5-12(10)20-9-14(18)17-11(8-16)13-6-3-7-19-13/h1-7,11H,9H2,(H,17,18). The number of hydrogen-bond donors (Lipinski definition) is 1. The Kier molecular flexibility index (Phi) is 4.80. The van der Waals surface area contributed by atoms with E-state index < -0.39 is 11.9 Å². The van der Waals surface area contributed by atoms with E-state index in [1.54, 1.807) is 24.3 Å². The molecule has 1 unspecified atom stereocenters. The van der Waals surface area contributed by atoms with E-state index in [2.05, 4.69) is 21.2 Å². The first-order valence-electron chi connectivity index (χ1n) is 5.80.